The van der Waals surface area contributed by atoms with Crippen LogP contribution in [0.15, 0.2) is 24.3 Å². The predicted molar refractivity (Wildman–Crippen MR) is 75.1 cm³/mol. The number of hydrogen-bond acceptors (Lipinski definition) is 0. The molecule has 0 aliphatic carbocycles. The molecule has 0 spiro atoms. The van der Waals surface area contributed by atoms with Crippen molar-refractivity contribution in [3.63, 3.8) is 0 Å². The van der Waals surface area contributed by atoms with Crippen LogP contribution in [-0.2, 0) is 6.42 Å². The molecule has 0 saturated carbocycles. The smallest absolute Gasteiger partial charge is 0.0188 e. The quantitative estimate of drug-likeness (QED) is 0.608. The predicted octanol–water partition coefficient (Wildman–Crippen LogP) is 5.57. The summed E-state index contributed by atoms with van der Waals surface area (Å²) in [5, 5.41) is 0. The van der Waals surface area contributed by atoms with Gasteiger partial charge in [-0.25, -0.2) is 0 Å². The highest BCUT2D eigenvalue weighted by Gasteiger charge is 2.07. The zero-order chi connectivity index (χ0) is 12.4. The van der Waals surface area contributed by atoms with Crippen LogP contribution >= 0.6 is 0 Å². The van der Waals surface area contributed by atoms with E-state index in [1.165, 1.54) is 25.7 Å². The minimum Gasteiger partial charge on any atom is -0.0683 e. The van der Waals surface area contributed by atoms with E-state index in [2.05, 4.69) is 45.0 Å². The minimum absolute atomic E-state index is 0.725. The minimum atomic E-state index is 0.725. The summed E-state index contributed by atoms with van der Waals surface area (Å²) in [6.07, 6.45) is 5.06. The molecule has 0 aromatic heterocycles. The van der Waals surface area contributed by atoms with Gasteiger partial charge >= 0.3 is 0 Å². The van der Waals surface area contributed by atoms with Gasteiger partial charge in [-0.3, -0.25) is 0 Å². The van der Waals surface area contributed by atoms with Crippen LogP contribution in [0.2, 0.25) is 0 Å². The van der Waals surface area contributed by atoms with Gasteiger partial charge < -0.3 is 0 Å². The van der Waals surface area contributed by atoms with Crippen molar-refractivity contribution in [1.29, 1.82) is 0 Å². The Bertz CT molecular complexity index is 262. The second kappa shape index (κ2) is 9.45. The summed E-state index contributed by atoms with van der Waals surface area (Å²) < 4.78 is 0. The standard InChI is InChI=1S/C14H22.C2H6/c1-4-8-12(3)14-11-7-6-10-13(14)9-5-2;1-2/h6-7,10-12H,4-5,8-9H2,1-3H3;1-2H3. The molecule has 1 aromatic carbocycles. The number of hydrogen-bond donors (Lipinski definition) is 0. The second-order valence-corrected chi connectivity index (χ2v) is 4.14. The summed E-state index contributed by atoms with van der Waals surface area (Å²) in [6.45, 7) is 10.9. The molecule has 0 aliphatic rings. The third-order valence-electron chi connectivity index (χ3n) is 2.83. The van der Waals surface area contributed by atoms with E-state index >= 15 is 0 Å². The summed E-state index contributed by atoms with van der Waals surface area (Å²) in [4.78, 5) is 0. The maximum Gasteiger partial charge on any atom is -0.0188 e. The SMILES string of the molecule is CC.CCCc1ccccc1C(C)CCC. The summed E-state index contributed by atoms with van der Waals surface area (Å²) >= 11 is 0. The molecule has 0 fully saturated rings. The number of benzene rings is 1. The average Bonchev–Trinajstić information content (AvgIpc) is 2.33. The maximum atomic E-state index is 2.35. The van der Waals surface area contributed by atoms with Gasteiger partial charge in [0.05, 0.1) is 0 Å². The highest BCUT2D eigenvalue weighted by Crippen LogP contribution is 2.24. The van der Waals surface area contributed by atoms with Crippen LogP contribution in [0.25, 0.3) is 0 Å². The molecule has 0 heteroatoms. The van der Waals surface area contributed by atoms with E-state index in [0.717, 1.165) is 5.92 Å². The van der Waals surface area contributed by atoms with Gasteiger partial charge in [-0.05, 0) is 29.9 Å². The fourth-order valence-electron chi connectivity index (χ4n) is 2.10. The van der Waals surface area contributed by atoms with Crippen molar-refractivity contribution in [2.75, 3.05) is 0 Å². The van der Waals surface area contributed by atoms with Gasteiger partial charge in [0.2, 0.25) is 0 Å². The molecule has 0 aliphatic heterocycles. The van der Waals surface area contributed by atoms with E-state index in [9.17, 15) is 0 Å². The topological polar surface area (TPSA) is 0 Å². The normalized spacial score (nSPS) is 11.6. The van der Waals surface area contributed by atoms with Crippen LogP contribution < -0.4 is 0 Å². The van der Waals surface area contributed by atoms with Gasteiger partial charge in [-0.1, -0.05) is 71.7 Å². The molecular formula is C16H28. The van der Waals surface area contributed by atoms with E-state index in [4.69, 9.17) is 0 Å². The van der Waals surface area contributed by atoms with Gasteiger partial charge in [-0.2, -0.15) is 0 Å². The van der Waals surface area contributed by atoms with Crippen molar-refractivity contribution in [2.45, 2.75) is 66.2 Å². The molecule has 0 nitrogen and oxygen atoms in total. The molecule has 92 valence electrons. The lowest BCUT2D eigenvalue weighted by molar-refractivity contribution is 0.656. The van der Waals surface area contributed by atoms with E-state index in [-0.39, 0.29) is 0 Å². The largest absolute Gasteiger partial charge is 0.0683 e. The molecule has 0 saturated heterocycles. The molecule has 1 rings (SSSR count). The van der Waals surface area contributed by atoms with E-state index in [1.807, 2.05) is 13.8 Å². The van der Waals surface area contributed by atoms with Crippen LogP contribution in [0.3, 0.4) is 0 Å². The first-order chi connectivity index (χ1) is 7.79. The second-order valence-electron chi connectivity index (χ2n) is 4.14. The van der Waals surface area contributed by atoms with Crippen molar-refractivity contribution in [3.05, 3.63) is 35.4 Å². The highest BCUT2D eigenvalue weighted by atomic mass is 14.1. The fourth-order valence-corrected chi connectivity index (χ4v) is 2.10. The van der Waals surface area contributed by atoms with Gasteiger partial charge in [0.15, 0.2) is 0 Å². The van der Waals surface area contributed by atoms with Crippen LogP contribution in [0.4, 0.5) is 0 Å². The average molecular weight is 220 g/mol. The zero-order valence-electron chi connectivity index (χ0n) is 11.7. The monoisotopic (exact) mass is 220 g/mol. The summed E-state index contributed by atoms with van der Waals surface area (Å²) in [5.74, 6) is 0.725. The Hall–Kier alpha value is -0.780. The zero-order valence-corrected chi connectivity index (χ0v) is 11.7. The number of rotatable bonds is 5. The summed E-state index contributed by atoms with van der Waals surface area (Å²) in [7, 11) is 0. The Balaban J connectivity index is 0.00000106. The van der Waals surface area contributed by atoms with Crippen molar-refractivity contribution in [1.82, 2.24) is 0 Å². The molecule has 0 N–H and O–H groups in total. The third kappa shape index (κ3) is 4.83. The lowest BCUT2D eigenvalue weighted by Crippen LogP contribution is -1.98. The van der Waals surface area contributed by atoms with Crippen molar-refractivity contribution in [2.24, 2.45) is 0 Å². The van der Waals surface area contributed by atoms with Gasteiger partial charge in [0.1, 0.15) is 0 Å². The van der Waals surface area contributed by atoms with Crippen LogP contribution in [-0.4, -0.2) is 0 Å². The molecule has 1 aromatic rings. The maximum absolute atomic E-state index is 2.35. The lowest BCUT2D eigenvalue weighted by Gasteiger charge is -2.15. The van der Waals surface area contributed by atoms with Crippen LogP contribution in [0.5, 0.6) is 0 Å². The number of aryl methyl sites for hydroxylation is 1. The molecule has 16 heavy (non-hydrogen) atoms. The summed E-state index contributed by atoms with van der Waals surface area (Å²) in [6, 6.07) is 8.91. The molecular weight excluding hydrogens is 192 g/mol. The molecule has 0 amide bonds. The molecule has 1 atom stereocenters. The Morgan fingerprint density at radius 2 is 1.62 bits per heavy atom. The molecule has 0 radical (unpaired) electrons. The van der Waals surface area contributed by atoms with E-state index in [1.54, 1.807) is 11.1 Å². The van der Waals surface area contributed by atoms with E-state index in [0.29, 0.717) is 0 Å². The highest BCUT2D eigenvalue weighted by molar-refractivity contribution is 5.30. The van der Waals surface area contributed by atoms with Crippen LogP contribution in [0, 0.1) is 0 Å². The van der Waals surface area contributed by atoms with Crippen molar-refractivity contribution < 1.29 is 0 Å². The van der Waals surface area contributed by atoms with Gasteiger partial charge in [-0.15, -0.1) is 0 Å². The van der Waals surface area contributed by atoms with Crippen molar-refractivity contribution >= 4 is 0 Å². The Labute approximate surface area is 102 Å². The Morgan fingerprint density at radius 1 is 1.00 bits per heavy atom. The Kier molecular flexibility index (Phi) is 8.99. The Morgan fingerprint density at radius 3 is 2.19 bits per heavy atom. The van der Waals surface area contributed by atoms with Gasteiger partial charge in [0, 0.05) is 0 Å². The van der Waals surface area contributed by atoms with E-state index < -0.39 is 0 Å². The first kappa shape index (κ1) is 15.2. The lowest BCUT2D eigenvalue weighted by atomic mass is 9.90. The van der Waals surface area contributed by atoms with Crippen molar-refractivity contribution in [3.8, 4) is 0 Å². The van der Waals surface area contributed by atoms with Gasteiger partial charge in [0.25, 0.3) is 0 Å². The molecule has 0 bridgehead atoms. The third-order valence-corrected chi connectivity index (χ3v) is 2.83. The fraction of sp³-hybridized carbons (Fsp3) is 0.625. The first-order valence-electron chi connectivity index (χ1n) is 6.87. The van der Waals surface area contributed by atoms with Crippen LogP contribution in [0.1, 0.15) is 70.9 Å². The molecule has 0 heterocycles. The molecule has 1 unspecified atom stereocenters. The summed E-state index contributed by atoms with van der Waals surface area (Å²) in [5.41, 5.74) is 3.12. The first-order valence-corrected chi connectivity index (χ1v) is 6.87.